The summed E-state index contributed by atoms with van der Waals surface area (Å²) in [4.78, 5) is 39.2. The molecule has 1 fully saturated rings. The number of esters is 1. The smallest absolute Gasteiger partial charge is 0.354 e. The van der Waals surface area contributed by atoms with E-state index in [0.29, 0.717) is 18.0 Å². The number of nitrogens with zero attached hydrogens (tertiary/aromatic N) is 2. The molecule has 8 heteroatoms. The third-order valence-electron chi connectivity index (χ3n) is 5.04. The number of hydrazone groups is 1. The zero-order valence-electron chi connectivity index (χ0n) is 16.5. The van der Waals surface area contributed by atoms with E-state index in [1.165, 1.54) is 0 Å². The Morgan fingerprint density at radius 2 is 1.83 bits per heavy atom. The minimum absolute atomic E-state index is 0.00126. The molecule has 1 saturated heterocycles. The zero-order valence-corrected chi connectivity index (χ0v) is 16.5. The Kier molecular flexibility index (Phi) is 5.22. The highest BCUT2D eigenvalue weighted by Crippen LogP contribution is 2.35. The molecule has 2 aliphatic rings. The van der Waals surface area contributed by atoms with Crippen LogP contribution in [0.25, 0.3) is 0 Å². The van der Waals surface area contributed by atoms with Crippen LogP contribution in [-0.2, 0) is 25.7 Å². The number of amides is 2. The van der Waals surface area contributed by atoms with E-state index in [1.54, 1.807) is 24.3 Å². The van der Waals surface area contributed by atoms with Gasteiger partial charge in [-0.25, -0.2) is 9.69 Å². The molecular formula is C22H21N3O5. The van der Waals surface area contributed by atoms with Gasteiger partial charge < -0.3 is 9.47 Å². The predicted octanol–water partition coefficient (Wildman–Crippen LogP) is 2.18. The minimum atomic E-state index is -1.25. The monoisotopic (exact) mass is 407 g/mol. The van der Waals surface area contributed by atoms with Gasteiger partial charge in [-0.2, -0.15) is 5.10 Å². The number of nitrogens with one attached hydrogen (secondary N) is 1. The number of imide groups is 1. The first kappa shape index (κ1) is 19.6. The van der Waals surface area contributed by atoms with Crippen molar-refractivity contribution >= 4 is 29.2 Å². The number of ether oxygens (including phenoxy) is 2. The Hall–Kier alpha value is -3.68. The van der Waals surface area contributed by atoms with Gasteiger partial charge in [0.05, 0.1) is 18.7 Å². The normalized spacial score (nSPS) is 20.3. The molecule has 0 radical (unpaired) electrons. The summed E-state index contributed by atoms with van der Waals surface area (Å²) in [5.74, 6) is -0.749. The Balaban J connectivity index is 1.43. The summed E-state index contributed by atoms with van der Waals surface area (Å²) in [6.45, 7) is 2.50. The molecule has 1 atom stereocenters. The molecule has 2 heterocycles. The second-order valence-corrected chi connectivity index (χ2v) is 7.13. The summed E-state index contributed by atoms with van der Waals surface area (Å²) in [5, 5.41) is 4.01. The van der Waals surface area contributed by atoms with Crippen molar-refractivity contribution < 1.29 is 23.9 Å². The van der Waals surface area contributed by atoms with Crippen molar-refractivity contribution in [2.75, 3.05) is 11.5 Å². The fourth-order valence-corrected chi connectivity index (χ4v) is 3.55. The summed E-state index contributed by atoms with van der Waals surface area (Å²) in [7, 11) is 0. The Labute approximate surface area is 173 Å². The standard InChI is InChI=1S/C22H21N3O5/c1-2-29-17-10-8-16(9-11-17)25-19(26)13-22(21(25)28)12-18(23-24-22)20(27)30-14-15-6-4-3-5-7-15/h3-11,24H,2,12-14H2,1H3/t22-/m1/s1. The molecule has 1 spiro atoms. The van der Waals surface area contributed by atoms with Gasteiger partial charge in [-0.3, -0.25) is 15.0 Å². The third kappa shape index (κ3) is 3.63. The molecule has 0 aromatic heterocycles. The lowest BCUT2D eigenvalue weighted by atomic mass is 9.93. The van der Waals surface area contributed by atoms with Crippen molar-refractivity contribution in [3.05, 3.63) is 60.2 Å². The average molecular weight is 407 g/mol. The molecule has 154 valence electrons. The van der Waals surface area contributed by atoms with E-state index in [2.05, 4.69) is 10.5 Å². The Morgan fingerprint density at radius 1 is 1.10 bits per heavy atom. The van der Waals surface area contributed by atoms with Crippen LogP contribution in [0.3, 0.4) is 0 Å². The second-order valence-electron chi connectivity index (χ2n) is 7.13. The van der Waals surface area contributed by atoms with Crippen LogP contribution in [0, 0.1) is 0 Å². The Morgan fingerprint density at radius 3 is 2.53 bits per heavy atom. The van der Waals surface area contributed by atoms with E-state index in [1.807, 2.05) is 37.3 Å². The highest BCUT2D eigenvalue weighted by atomic mass is 16.5. The molecule has 30 heavy (non-hydrogen) atoms. The molecule has 8 nitrogen and oxygen atoms in total. The van der Waals surface area contributed by atoms with Crippen LogP contribution >= 0.6 is 0 Å². The summed E-state index contributed by atoms with van der Waals surface area (Å²) < 4.78 is 10.7. The fourth-order valence-electron chi connectivity index (χ4n) is 3.55. The summed E-state index contributed by atoms with van der Waals surface area (Å²) in [5.41, 5.74) is 2.87. The number of rotatable bonds is 6. The van der Waals surface area contributed by atoms with Gasteiger partial charge in [-0.05, 0) is 36.8 Å². The summed E-state index contributed by atoms with van der Waals surface area (Å²) >= 11 is 0. The molecule has 0 saturated carbocycles. The van der Waals surface area contributed by atoms with Gasteiger partial charge in [0.2, 0.25) is 5.91 Å². The van der Waals surface area contributed by atoms with Crippen molar-refractivity contribution in [1.29, 1.82) is 0 Å². The number of hydrogen-bond acceptors (Lipinski definition) is 7. The lowest BCUT2D eigenvalue weighted by Gasteiger charge is -2.21. The van der Waals surface area contributed by atoms with Crippen LogP contribution in [0.1, 0.15) is 25.3 Å². The van der Waals surface area contributed by atoms with Crippen LogP contribution in [-0.4, -0.2) is 35.6 Å². The van der Waals surface area contributed by atoms with Gasteiger partial charge in [0.15, 0.2) is 0 Å². The van der Waals surface area contributed by atoms with E-state index in [0.717, 1.165) is 10.5 Å². The SMILES string of the molecule is CCOc1ccc(N2C(=O)C[C@]3(CC(C(=O)OCc4ccccc4)=NN3)C2=O)cc1. The lowest BCUT2D eigenvalue weighted by Crippen LogP contribution is -2.47. The molecule has 4 rings (SSSR count). The first-order valence-electron chi connectivity index (χ1n) is 9.67. The van der Waals surface area contributed by atoms with Crippen molar-refractivity contribution in [2.45, 2.75) is 31.9 Å². The van der Waals surface area contributed by atoms with Gasteiger partial charge in [-0.1, -0.05) is 30.3 Å². The quantitative estimate of drug-likeness (QED) is 0.582. The molecule has 2 aliphatic heterocycles. The van der Waals surface area contributed by atoms with Gasteiger partial charge in [0, 0.05) is 6.42 Å². The fraction of sp³-hybridized carbons (Fsp3) is 0.273. The van der Waals surface area contributed by atoms with Crippen LogP contribution in [0.2, 0.25) is 0 Å². The molecule has 2 aromatic rings. The zero-order chi connectivity index (χ0) is 21.1. The average Bonchev–Trinajstić information content (AvgIpc) is 3.29. The highest BCUT2D eigenvalue weighted by molar-refractivity contribution is 6.39. The molecule has 0 aliphatic carbocycles. The first-order valence-corrected chi connectivity index (χ1v) is 9.67. The number of hydrogen-bond donors (Lipinski definition) is 1. The molecule has 2 aromatic carbocycles. The van der Waals surface area contributed by atoms with Crippen LogP contribution < -0.4 is 15.1 Å². The topological polar surface area (TPSA) is 97.3 Å². The first-order chi connectivity index (χ1) is 14.5. The van der Waals surface area contributed by atoms with E-state index in [-0.39, 0.29) is 31.1 Å². The highest BCUT2D eigenvalue weighted by Gasteiger charge is 2.56. The van der Waals surface area contributed by atoms with Crippen molar-refractivity contribution in [1.82, 2.24) is 5.43 Å². The maximum atomic E-state index is 13.1. The molecule has 2 amide bonds. The van der Waals surface area contributed by atoms with Crippen LogP contribution in [0.5, 0.6) is 5.75 Å². The molecule has 0 unspecified atom stereocenters. The summed E-state index contributed by atoms with van der Waals surface area (Å²) in [6, 6.07) is 16.0. The number of benzene rings is 2. The van der Waals surface area contributed by atoms with Gasteiger partial charge in [-0.15, -0.1) is 0 Å². The lowest BCUT2D eigenvalue weighted by molar-refractivity contribution is -0.136. The van der Waals surface area contributed by atoms with Crippen molar-refractivity contribution in [3.63, 3.8) is 0 Å². The van der Waals surface area contributed by atoms with E-state index in [4.69, 9.17) is 9.47 Å². The number of carbonyl (C=O) groups excluding carboxylic acids is 3. The molecule has 0 bridgehead atoms. The maximum Gasteiger partial charge on any atom is 0.354 e. The van der Waals surface area contributed by atoms with Gasteiger partial charge in [0.25, 0.3) is 5.91 Å². The maximum absolute atomic E-state index is 13.1. The third-order valence-corrected chi connectivity index (χ3v) is 5.04. The van der Waals surface area contributed by atoms with Gasteiger partial charge >= 0.3 is 5.97 Å². The van der Waals surface area contributed by atoms with Gasteiger partial charge in [0.1, 0.15) is 23.6 Å². The number of anilines is 1. The van der Waals surface area contributed by atoms with Crippen molar-refractivity contribution in [2.24, 2.45) is 5.10 Å². The second kappa shape index (κ2) is 7.98. The Bertz CT molecular complexity index is 1000. The van der Waals surface area contributed by atoms with E-state index >= 15 is 0 Å². The van der Waals surface area contributed by atoms with Crippen LogP contribution in [0.4, 0.5) is 5.69 Å². The molecule has 1 N–H and O–H groups in total. The van der Waals surface area contributed by atoms with Crippen molar-refractivity contribution in [3.8, 4) is 5.75 Å². The number of carbonyl (C=O) groups is 3. The van der Waals surface area contributed by atoms with Crippen LogP contribution in [0.15, 0.2) is 59.7 Å². The van der Waals surface area contributed by atoms with E-state index in [9.17, 15) is 14.4 Å². The minimum Gasteiger partial charge on any atom is -0.494 e. The van der Waals surface area contributed by atoms with E-state index < -0.39 is 17.4 Å². The summed E-state index contributed by atoms with van der Waals surface area (Å²) in [6.07, 6.45) is -0.0866. The predicted molar refractivity (Wildman–Crippen MR) is 109 cm³/mol. The largest absolute Gasteiger partial charge is 0.494 e. The molecular weight excluding hydrogens is 386 g/mol.